The molecule has 3 rings (SSSR count). The fourth-order valence-electron chi connectivity index (χ4n) is 4.02. The number of carbonyl (C=O) groups is 2. The molecule has 1 saturated carbocycles. The summed E-state index contributed by atoms with van der Waals surface area (Å²) in [6, 6.07) is 6.24. The van der Waals surface area contributed by atoms with Crippen molar-refractivity contribution in [1.29, 1.82) is 0 Å². The molecular formula is C21H31N3O4S. The van der Waals surface area contributed by atoms with Crippen molar-refractivity contribution in [3.05, 3.63) is 29.8 Å². The summed E-state index contributed by atoms with van der Waals surface area (Å²) in [6.07, 6.45) is 9.21. The highest BCUT2D eigenvalue weighted by molar-refractivity contribution is 7.89. The average molecular weight is 422 g/mol. The minimum absolute atomic E-state index is 0.113. The number of benzene rings is 1. The zero-order valence-corrected chi connectivity index (χ0v) is 17.7. The molecule has 0 unspecified atom stereocenters. The lowest BCUT2D eigenvalue weighted by Crippen LogP contribution is -2.42. The molecular weight excluding hydrogens is 390 g/mol. The molecule has 29 heavy (non-hydrogen) atoms. The van der Waals surface area contributed by atoms with Gasteiger partial charge in [0.15, 0.2) is 0 Å². The summed E-state index contributed by atoms with van der Waals surface area (Å²) in [5.41, 5.74) is 0.242. The predicted molar refractivity (Wildman–Crippen MR) is 111 cm³/mol. The molecule has 1 aromatic carbocycles. The second-order valence-corrected chi connectivity index (χ2v) is 9.87. The van der Waals surface area contributed by atoms with Crippen molar-refractivity contribution in [2.45, 2.75) is 68.7 Å². The Labute approximate surface area is 173 Å². The summed E-state index contributed by atoms with van der Waals surface area (Å²) < 4.78 is 27.4. The lowest BCUT2D eigenvalue weighted by atomic mass is 9.95. The van der Waals surface area contributed by atoms with Crippen LogP contribution in [0.2, 0.25) is 0 Å². The number of rotatable bonds is 6. The lowest BCUT2D eigenvalue weighted by Gasteiger charge is -2.22. The third-order valence-corrected chi connectivity index (χ3v) is 7.57. The fraction of sp³-hybridized carbons (Fsp3) is 0.619. The number of amides is 2. The Balaban J connectivity index is 1.59. The van der Waals surface area contributed by atoms with E-state index in [1.165, 1.54) is 22.9 Å². The first-order valence-electron chi connectivity index (χ1n) is 10.6. The molecule has 1 aromatic rings. The molecule has 2 N–H and O–H groups in total. The molecule has 1 heterocycles. The van der Waals surface area contributed by atoms with E-state index in [0.29, 0.717) is 13.1 Å². The van der Waals surface area contributed by atoms with Crippen LogP contribution in [0.15, 0.2) is 29.2 Å². The highest BCUT2D eigenvalue weighted by atomic mass is 32.2. The van der Waals surface area contributed by atoms with E-state index in [-0.39, 0.29) is 29.0 Å². The second kappa shape index (κ2) is 10.2. The van der Waals surface area contributed by atoms with Crippen LogP contribution in [0.1, 0.15) is 68.1 Å². The van der Waals surface area contributed by atoms with E-state index < -0.39 is 15.9 Å². The molecule has 0 bridgehead atoms. The zero-order valence-electron chi connectivity index (χ0n) is 16.9. The average Bonchev–Trinajstić information content (AvgIpc) is 3.03. The first kappa shape index (κ1) is 21.8. The largest absolute Gasteiger partial charge is 0.352 e. The van der Waals surface area contributed by atoms with E-state index in [1.54, 1.807) is 12.1 Å². The summed E-state index contributed by atoms with van der Waals surface area (Å²) in [6.45, 7) is 0.915. The van der Waals surface area contributed by atoms with Gasteiger partial charge in [0.25, 0.3) is 5.91 Å². The highest BCUT2D eigenvalue weighted by Crippen LogP contribution is 2.21. The predicted octanol–water partition coefficient (Wildman–Crippen LogP) is 2.43. The number of nitrogens with one attached hydrogen (secondary N) is 2. The van der Waals surface area contributed by atoms with Gasteiger partial charge in [-0.15, -0.1) is 0 Å². The van der Waals surface area contributed by atoms with Crippen LogP contribution in [-0.2, 0) is 14.8 Å². The van der Waals surface area contributed by atoms with Gasteiger partial charge < -0.3 is 10.6 Å². The molecule has 0 aromatic heterocycles. The van der Waals surface area contributed by atoms with Gasteiger partial charge in [-0.1, -0.05) is 38.2 Å². The Morgan fingerprint density at radius 1 is 0.966 bits per heavy atom. The molecule has 2 amide bonds. The fourth-order valence-corrected chi connectivity index (χ4v) is 5.58. The maximum atomic E-state index is 12.9. The van der Waals surface area contributed by atoms with Crippen LogP contribution in [-0.4, -0.2) is 50.2 Å². The number of hydrogen-bond donors (Lipinski definition) is 2. The molecule has 2 fully saturated rings. The Morgan fingerprint density at radius 3 is 2.31 bits per heavy atom. The van der Waals surface area contributed by atoms with Gasteiger partial charge >= 0.3 is 0 Å². The van der Waals surface area contributed by atoms with Gasteiger partial charge in [0.2, 0.25) is 15.9 Å². The van der Waals surface area contributed by atoms with E-state index in [9.17, 15) is 18.0 Å². The third kappa shape index (κ3) is 6.02. The van der Waals surface area contributed by atoms with Gasteiger partial charge in [0, 0.05) is 24.7 Å². The van der Waals surface area contributed by atoms with Gasteiger partial charge in [-0.25, -0.2) is 8.42 Å². The van der Waals surface area contributed by atoms with Crippen LogP contribution in [0, 0.1) is 0 Å². The van der Waals surface area contributed by atoms with Gasteiger partial charge in [0.1, 0.15) is 0 Å². The van der Waals surface area contributed by atoms with E-state index in [2.05, 4.69) is 10.6 Å². The Bertz CT molecular complexity index is 811. The molecule has 1 aliphatic heterocycles. The van der Waals surface area contributed by atoms with Crippen LogP contribution in [0.25, 0.3) is 0 Å². The van der Waals surface area contributed by atoms with Gasteiger partial charge in [-0.2, -0.15) is 4.31 Å². The molecule has 1 aliphatic carbocycles. The minimum atomic E-state index is -3.62. The second-order valence-electron chi connectivity index (χ2n) is 7.93. The Morgan fingerprint density at radius 2 is 1.62 bits per heavy atom. The maximum absolute atomic E-state index is 12.9. The zero-order chi connectivity index (χ0) is 20.7. The SMILES string of the molecule is O=C(CNC(=O)c1cccc(S(=O)(=O)N2CCCCCC2)c1)NC1CCCCC1. The maximum Gasteiger partial charge on any atom is 0.251 e. The van der Waals surface area contributed by atoms with Crippen LogP contribution in [0.5, 0.6) is 0 Å². The van der Waals surface area contributed by atoms with Crippen molar-refractivity contribution >= 4 is 21.8 Å². The summed E-state index contributed by atoms with van der Waals surface area (Å²) in [4.78, 5) is 24.7. The van der Waals surface area contributed by atoms with Crippen molar-refractivity contribution < 1.29 is 18.0 Å². The number of carbonyl (C=O) groups excluding carboxylic acids is 2. The molecule has 7 nitrogen and oxygen atoms in total. The number of hydrogen-bond acceptors (Lipinski definition) is 4. The quantitative estimate of drug-likeness (QED) is 0.737. The Hall–Kier alpha value is -1.93. The monoisotopic (exact) mass is 421 g/mol. The minimum Gasteiger partial charge on any atom is -0.352 e. The molecule has 1 saturated heterocycles. The Kier molecular flexibility index (Phi) is 7.66. The lowest BCUT2D eigenvalue weighted by molar-refractivity contribution is -0.121. The van der Waals surface area contributed by atoms with Crippen molar-refractivity contribution in [3.63, 3.8) is 0 Å². The van der Waals surface area contributed by atoms with Gasteiger partial charge in [-0.05, 0) is 43.9 Å². The van der Waals surface area contributed by atoms with Crippen molar-refractivity contribution in [2.24, 2.45) is 0 Å². The first-order valence-corrected chi connectivity index (χ1v) is 12.1. The number of nitrogens with zero attached hydrogens (tertiary/aromatic N) is 1. The van der Waals surface area contributed by atoms with E-state index in [1.807, 2.05) is 0 Å². The summed E-state index contributed by atoms with van der Waals surface area (Å²) in [7, 11) is -3.62. The van der Waals surface area contributed by atoms with Crippen molar-refractivity contribution in [1.82, 2.24) is 14.9 Å². The first-order chi connectivity index (χ1) is 14.0. The van der Waals surface area contributed by atoms with E-state index >= 15 is 0 Å². The standard InChI is InChI=1S/C21H31N3O4S/c25-20(23-18-10-4-3-5-11-18)16-22-21(26)17-9-8-12-19(15-17)29(27,28)24-13-6-1-2-7-14-24/h8-9,12,15,18H,1-7,10-11,13-14,16H2,(H,22,26)(H,23,25). The van der Waals surface area contributed by atoms with Gasteiger partial charge in [0.05, 0.1) is 11.4 Å². The molecule has 8 heteroatoms. The number of sulfonamides is 1. The van der Waals surface area contributed by atoms with Crippen LogP contribution < -0.4 is 10.6 Å². The smallest absolute Gasteiger partial charge is 0.251 e. The molecule has 0 spiro atoms. The summed E-state index contributed by atoms with van der Waals surface area (Å²) in [5, 5.41) is 5.55. The van der Waals surface area contributed by atoms with E-state index in [0.717, 1.165) is 51.4 Å². The topological polar surface area (TPSA) is 95.6 Å². The summed E-state index contributed by atoms with van der Waals surface area (Å²) in [5.74, 6) is -0.657. The van der Waals surface area contributed by atoms with Crippen molar-refractivity contribution in [2.75, 3.05) is 19.6 Å². The molecule has 2 aliphatic rings. The normalized spacial score (nSPS) is 19.3. The van der Waals surface area contributed by atoms with Crippen LogP contribution in [0.3, 0.4) is 0 Å². The molecule has 0 radical (unpaired) electrons. The van der Waals surface area contributed by atoms with Crippen molar-refractivity contribution in [3.8, 4) is 0 Å². The van der Waals surface area contributed by atoms with Crippen LogP contribution in [0.4, 0.5) is 0 Å². The summed E-state index contributed by atoms with van der Waals surface area (Å²) >= 11 is 0. The highest BCUT2D eigenvalue weighted by Gasteiger charge is 2.26. The van der Waals surface area contributed by atoms with Gasteiger partial charge in [-0.3, -0.25) is 9.59 Å². The van der Waals surface area contributed by atoms with E-state index in [4.69, 9.17) is 0 Å². The molecule has 0 atom stereocenters. The third-order valence-electron chi connectivity index (χ3n) is 5.68. The molecule has 160 valence electrons. The van der Waals surface area contributed by atoms with Crippen LogP contribution >= 0.6 is 0 Å².